The van der Waals surface area contributed by atoms with E-state index in [-0.39, 0.29) is 18.1 Å². The number of amides is 1. The van der Waals surface area contributed by atoms with Crippen molar-refractivity contribution in [3.8, 4) is 0 Å². The molecule has 0 unspecified atom stereocenters. The van der Waals surface area contributed by atoms with Crippen LogP contribution >= 0.6 is 0 Å². The zero-order chi connectivity index (χ0) is 12.8. The summed E-state index contributed by atoms with van der Waals surface area (Å²) in [5, 5.41) is 2.87. The summed E-state index contributed by atoms with van der Waals surface area (Å²) in [6.07, 6.45) is 2.08. The number of rotatable bonds is 4. The maximum absolute atomic E-state index is 13.3. The van der Waals surface area contributed by atoms with E-state index in [1.807, 2.05) is 0 Å². The lowest BCUT2D eigenvalue weighted by atomic mass is 10.0. The monoisotopic (exact) mass is 251 g/mol. The van der Waals surface area contributed by atoms with E-state index in [9.17, 15) is 9.18 Å². The maximum Gasteiger partial charge on any atom is 0.224 e. The summed E-state index contributed by atoms with van der Waals surface area (Å²) in [5.74, 6) is 0.0497. The summed E-state index contributed by atoms with van der Waals surface area (Å²) >= 11 is 0. The van der Waals surface area contributed by atoms with Crippen LogP contribution in [0.1, 0.15) is 18.4 Å². The van der Waals surface area contributed by atoms with E-state index < -0.39 is 0 Å². The molecule has 0 radical (unpaired) electrons. The molecule has 0 aromatic heterocycles. The fourth-order valence-electron chi connectivity index (χ4n) is 2.09. The molecule has 1 aromatic rings. The minimum Gasteiger partial charge on any atom is -0.381 e. The number of benzene rings is 1. The molecule has 2 rings (SSSR count). The first-order valence-electron chi connectivity index (χ1n) is 6.33. The highest BCUT2D eigenvalue weighted by Crippen LogP contribution is 2.13. The van der Waals surface area contributed by atoms with Gasteiger partial charge in [0.05, 0.1) is 6.42 Å². The molecule has 1 aromatic carbocycles. The summed E-state index contributed by atoms with van der Waals surface area (Å²) in [7, 11) is 0. The van der Waals surface area contributed by atoms with Crippen LogP contribution in [0.15, 0.2) is 24.3 Å². The molecule has 0 atom stereocenters. The lowest BCUT2D eigenvalue weighted by Crippen LogP contribution is -2.33. The van der Waals surface area contributed by atoms with E-state index in [0.717, 1.165) is 26.1 Å². The Morgan fingerprint density at radius 2 is 2.06 bits per heavy atom. The Hall–Kier alpha value is -1.42. The smallest absolute Gasteiger partial charge is 0.224 e. The SMILES string of the molecule is O=C(Cc1ccccc1F)NCC1CCOCC1. The second-order valence-electron chi connectivity index (χ2n) is 4.63. The molecule has 1 amide bonds. The highest BCUT2D eigenvalue weighted by molar-refractivity contribution is 5.78. The number of hydrogen-bond acceptors (Lipinski definition) is 2. The topological polar surface area (TPSA) is 38.3 Å². The standard InChI is InChI=1S/C14H18FNO2/c15-13-4-2-1-3-12(13)9-14(17)16-10-11-5-7-18-8-6-11/h1-4,11H,5-10H2,(H,16,17). The van der Waals surface area contributed by atoms with Crippen LogP contribution in [0.25, 0.3) is 0 Å². The average molecular weight is 251 g/mol. The number of halogens is 1. The largest absolute Gasteiger partial charge is 0.381 e. The van der Waals surface area contributed by atoms with E-state index in [0.29, 0.717) is 18.0 Å². The van der Waals surface area contributed by atoms with Crippen LogP contribution in [0.5, 0.6) is 0 Å². The zero-order valence-corrected chi connectivity index (χ0v) is 10.3. The number of hydrogen-bond donors (Lipinski definition) is 1. The fraction of sp³-hybridized carbons (Fsp3) is 0.500. The summed E-state index contributed by atoms with van der Waals surface area (Å²) in [4.78, 5) is 11.7. The predicted octanol–water partition coefficient (Wildman–Crippen LogP) is 1.91. The molecule has 1 aliphatic heterocycles. The number of ether oxygens (including phenoxy) is 1. The van der Waals surface area contributed by atoms with Crippen molar-refractivity contribution in [2.75, 3.05) is 19.8 Å². The van der Waals surface area contributed by atoms with Crippen molar-refractivity contribution in [2.24, 2.45) is 5.92 Å². The fourth-order valence-corrected chi connectivity index (χ4v) is 2.09. The maximum atomic E-state index is 13.3. The van der Waals surface area contributed by atoms with Crippen LogP contribution in [0.4, 0.5) is 4.39 Å². The second-order valence-corrected chi connectivity index (χ2v) is 4.63. The van der Waals surface area contributed by atoms with Gasteiger partial charge in [0.1, 0.15) is 5.82 Å². The van der Waals surface area contributed by atoms with Crippen LogP contribution in [0.2, 0.25) is 0 Å². The van der Waals surface area contributed by atoms with Gasteiger partial charge in [-0.15, -0.1) is 0 Å². The van der Waals surface area contributed by atoms with Crippen molar-refractivity contribution in [1.82, 2.24) is 5.32 Å². The van der Waals surface area contributed by atoms with Gasteiger partial charge in [0.25, 0.3) is 0 Å². The van der Waals surface area contributed by atoms with Crippen molar-refractivity contribution >= 4 is 5.91 Å². The van der Waals surface area contributed by atoms with Crippen molar-refractivity contribution in [3.63, 3.8) is 0 Å². The molecule has 0 saturated carbocycles. The van der Waals surface area contributed by atoms with Crippen molar-refractivity contribution in [2.45, 2.75) is 19.3 Å². The summed E-state index contributed by atoms with van der Waals surface area (Å²) < 4.78 is 18.6. The van der Waals surface area contributed by atoms with Gasteiger partial charge in [0.15, 0.2) is 0 Å². The summed E-state index contributed by atoms with van der Waals surface area (Å²) in [6.45, 7) is 2.21. The van der Waals surface area contributed by atoms with Crippen molar-refractivity contribution < 1.29 is 13.9 Å². The third-order valence-electron chi connectivity index (χ3n) is 3.24. The first kappa shape index (κ1) is 13.0. The van der Waals surface area contributed by atoms with E-state index in [2.05, 4.69) is 5.32 Å². The molecule has 4 heteroatoms. The first-order chi connectivity index (χ1) is 8.75. The minimum absolute atomic E-state index is 0.107. The van der Waals surface area contributed by atoms with Crippen LogP contribution < -0.4 is 5.32 Å². The van der Waals surface area contributed by atoms with Gasteiger partial charge in [-0.05, 0) is 30.4 Å². The highest BCUT2D eigenvalue weighted by atomic mass is 19.1. The van der Waals surface area contributed by atoms with Gasteiger partial charge in [0.2, 0.25) is 5.91 Å². The average Bonchev–Trinajstić information content (AvgIpc) is 2.40. The molecule has 0 bridgehead atoms. The number of carbonyl (C=O) groups excluding carboxylic acids is 1. The van der Waals surface area contributed by atoms with Gasteiger partial charge in [-0.1, -0.05) is 18.2 Å². The lowest BCUT2D eigenvalue weighted by Gasteiger charge is -2.22. The number of nitrogens with one attached hydrogen (secondary N) is 1. The third-order valence-corrected chi connectivity index (χ3v) is 3.24. The van der Waals surface area contributed by atoms with E-state index in [1.165, 1.54) is 6.07 Å². The van der Waals surface area contributed by atoms with Gasteiger partial charge in [-0.25, -0.2) is 4.39 Å². The van der Waals surface area contributed by atoms with Gasteiger partial charge in [-0.2, -0.15) is 0 Å². The summed E-state index contributed by atoms with van der Waals surface area (Å²) in [6, 6.07) is 6.38. The van der Waals surface area contributed by atoms with Crippen LogP contribution in [0, 0.1) is 11.7 Å². The van der Waals surface area contributed by atoms with Gasteiger partial charge >= 0.3 is 0 Å². The Kier molecular flexibility index (Phi) is 4.70. The predicted molar refractivity (Wildman–Crippen MR) is 66.7 cm³/mol. The molecular formula is C14H18FNO2. The Balaban J connectivity index is 1.76. The first-order valence-corrected chi connectivity index (χ1v) is 6.33. The van der Waals surface area contributed by atoms with Gasteiger partial charge in [0, 0.05) is 19.8 Å². The van der Waals surface area contributed by atoms with E-state index >= 15 is 0 Å². The Bertz CT molecular complexity index is 403. The van der Waals surface area contributed by atoms with Crippen LogP contribution in [0.3, 0.4) is 0 Å². The molecule has 98 valence electrons. The third kappa shape index (κ3) is 3.81. The van der Waals surface area contributed by atoms with Crippen LogP contribution in [-0.4, -0.2) is 25.7 Å². The van der Waals surface area contributed by atoms with E-state index in [1.54, 1.807) is 18.2 Å². The molecule has 0 spiro atoms. The molecule has 1 N–H and O–H groups in total. The molecular weight excluding hydrogens is 233 g/mol. The number of carbonyl (C=O) groups is 1. The van der Waals surface area contributed by atoms with Crippen molar-refractivity contribution in [3.05, 3.63) is 35.6 Å². The lowest BCUT2D eigenvalue weighted by molar-refractivity contribution is -0.120. The molecule has 3 nitrogen and oxygen atoms in total. The Morgan fingerprint density at radius 1 is 1.33 bits per heavy atom. The highest BCUT2D eigenvalue weighted by Gasteiger charge is 2.15. The molecule has 1 fully saturated rings. The van der Waals surface area contributed by atoms with Gasteiger partial charge in [-0.3, -0.25) is 4.79 Å². The minimum atomic E-state index is -0.321. The van der Waals surface area contributed by atoms with Crippen molar-refractivity contribution in [1.29, 1.82) is 0 Å². The van der Waals surface area contributed by atoms with E-state index in [4.69, 9.17) is 4.74 Å². The second kappa shape index (κ2) is 6.50. The molecule has 1 aliphatic rings. The Morgan fingerprint density at radius 3 is 2.78 bits per heavy atom. The molecule has 18 heavy (non-hydrogen) atoms. The summed E-state index contributed by atoms with van der Waals surface area (Å²) in [5.41, 5.74) is 0.446. The van der Waals surface area contributed by atoms with Gasteiger partial charge < -0.3 is 10.1 Å². The zero-order valence-electron chi connectivity index (χ0n) is 10.3. The Labute approximate surface area is 106 Å². The molecule has 1 saturated heterocycles. The quantitative estimate of drug-likeness (QED) is 0.887. The molecule has 1 heterocycles. The van der Waals surface area contributed by atoms with Crippen LogP contribution in [-0.2, 0) is 16.0 Å². The molecule has 0 aliphatic carbocycles. The normalized spacial score (nSPS) is 16.5.